The van der Waals surface area contributed by atoms with Crippen LogP contribution < -0.4 is 5.32 Å². The summed E-state index contributed by atoms with van der Waals surface area (Å²) >= 11 is 0. The van der Waals surface area contributed by atoms with Gasteiger partial charge in [0.15, 0.2) is 5.54 Å². The summed E-state index contributed by atoms with van der Waals surface area (Å²) in [6.07, 6.45) is 0.864. The third-order valence-corrected chi connectivity index (χ3v) is 3.76. The molecule has 0 amide bonds. The van der Waals surface area contributed by atoms with Crippen molar-refractivity contribution >= 4 is 5.97 Å². The zero-order valence-corrected chi connectivity index (χ0v) is 13.0. The largest absolute Gasteiger partial charge is 0.467 e. The van der Waals surface area contributed by atoms with E-state index in [1.54, 1.807) is 7.05 Å². The molecule has 0 aliphatic carbocycles. The molecular formula is C16H25NO3. The van der Waals surface area contributed by atoms with Crippen LogP contribution >= 0.6 is 0 Å². The molecular weight excluding hydrogens is 254 g/mol. The number of ether oxygens (including phenoxy) is 2. The van der Waals surface area contributed by atoms with Gasteiger partial charge in [-0.25, -0.2) is 4.79 Å². The summed E-state index contributed by atoms with van der Waals surface area (Å²) in [5, 5.41) is 3.08. The number of rotatable bonds is 7. The fourth-order valence-corrected chi connectivity index (χ4v) is 1.88. The van der Waals surface area contributed by atoms with Gasteiger partial charge in [-0.1, -0.05) is 37.3 Å². The first-order chi connectivity index (χ1) is 9.41. The van der Waals surface area contributed by atoms with Gasteiger partial charge in [-0.2, -0.15) is 0 Å². The monoisotopic (exact) mass is 279 g/mol. The molecule has 112 valence electrons. The van der Waals surface area contributed by atoms with Crippen LogP contribution in [0.1, 0.15) is 32.8 Å². The zero-order valence-electron chi connectivity index (χ0n) is 13.0. The highest BCUT2D eigenvalue weighted by Crippen LogP contribution is 2.26. The van der Waals surface area contributed by atoms with Crippen molar-refractivity contribution < 1.29 is 14.3 Å². The number of carbonyl (C=O) groups is 1. The minimum atomic E-state index is -0.984. The van der Waals surface area contributed by atoms with Crippen molar-refractivity contribution in [3.63, 3.8) is 0 Å². The number of carbonyl (C=O) groups excluding carboxylic acids is 1. The molecule has 1 N–H and O–H groups in total. The second-order valence-corrected chi connectivity index (χ2v) is 5.41. The molecule has 0 spiro atoms. The van der Waals surface area contributed by atoms with E-state index in [1.807, 2.05) is 44.2 Å². The standard InChI is InChI=1S/C16H25NO3/c1-6-15(2,3)20-12-16(17-4,14(18)19-5)13-10-8-7-9-11-13/h7-11,17H,6,12H2,1-5H3. The van der Waals surface area contributed by atoms with Gasteiger partial charge < -0.3 is 9.47 Å². The first-order valence-corrected chi connectivity index (χ1v) is 6.88. The summed E-state index contributed by atoms with van der Waals surface area (Å²) in [4.78, 5) is 12.3. The van der Waals surface area contributed by atoms with Crippen molar-refractivity contribution in [2.45, 2.75) is 38.3 Å². The third-order valence-electron chi connectivity index (χ3n) is 3.76. The molecule has 0 bridgehead atoms. The summed E-state index contributed by atoms with van der Waals surface area (Å²) in [6.45, 7) is 6.30. The number of methoxy groups -OCH3 is 1. The van der Waals surface area contributed by atoms with E-state index in [-0.39, 0.29) is 18.2 Å². The van der Waals surface area contributed by atoms with Crippen molar-refractivity contribution in [1.29, 1.82) is 0 Å². The lowest BCUT2D eigenvalue weighted by Gasteiger charge is -2.34. The van der Waals surface area contributed by atoms with Crippen molar-refractivity contribution in [3.8, 4) is 0 Å². The minimum Gasteiger partial charge on any atom is -0.467 e. The molecule has 0 aliphatic heterocycles. The van der Waals surface area contributed by atoms with Crippen molar-refractivity contribution in [2.24, 2.45) is 0 Å². The second-order valence-electron chi connectivity index (χ2n) is 5.41. The van der Waals surface area contributed by atoms with Crippen LogP contribution in [-0.2, 0) is 19.8 Å². The number of benzene rings is 1. The van der Waals surface area contributed by atoms with Gasteiger partial charge >= 0.3 is 5.97 Å². The van der Waals surface area contributed by atoms with E-state index in [4.69, 9.17) is 9.47 Å². The first-order valence-electron chi connectivity index (χ1n) is 6.88. The molecule has 4 nitrogen and oxygen atoms in total. The van der Waals surface area contributed by atoms with Crippen LogP contribution in [0.5, 0.6) is 0 Å². The van der Waals surface area contributed by atoms with Gasteiger partial charge in [0.25, 0.3) is 0 Å². The smallest absolute Gasteiger partial charge is 0.333 e. The maximum atomic E-state index is 12.3. The van der Waals surface area contributed by atoms with Gasteiger partial charge in [-0.15, -0.1) is 0 Å². The van der Waals surface area contributed by atoms with Crippen LogP contribution in [0.3, 0.4) is 0 Å². The quantitative estimate of drug-likeness (QED) is 0.779. The van der Waals surface area contributed by atoms with E-state index >= 15 is 0 Å². The zero-order chi connectivity index (χ0) is 15.2. The Morgan fingerprint density at radius 1 is 1.25 bits per heavy atom. The van der Waals surface area contributed by atoms with Crippen LogP contribution in [-0.4, -0.2) is 32.3 Å². The number of esters is 1. The minimum absolute atomic E-state index is 0.223. The van der Waals surface area contributed by atoms with E-state index in [0.717, 1.165) is 12.0 Å². The van der Waals surface area contributed by atoms with Gasteiger partial charge in [-0.3, -0.25) is 5.32 Å². The summed E-state index contributed by atoms with van der Waals surface area (Å²) in [7, 11) is 3.13. The molecule has 0 radical (unpaired) electrons. The van der Waals surface area contributed by atoms with E-state index in [1.165, 1.54) is 7.11 Å². The summed E-state index contributed by atoms with van der Waals surface area (Å²) in [6, 6.07) is 9.51. The Kier molecular flexibility index (Phi) is 5.72. The maximum absolute atomic E-state index is 12.3. The molecule has 0 saturated carbocycles. The number of likely N-dealkylation sites (N-methyl/N-ethyl adjacent to an activating group) is 1. The van der Waals surface area contributed by atoms with Crippen molar-refractivity contribution in [2.75, 3.05) is 20.8 Å². The molecule has 0 aliphatic rings. The van der Waals surface area contributed by atoms with Crippen molar-refractivity contribution in [1.82, 2.24) is 5.32 Å². The van der Waals surface area contributed by atoms with Crippen LogP contribution in [0.4, 0.5) is 0 Å². The first kappa shape index (κ1) is 16.7. The average molecular weight is 279 g/mol. The number of hydrogen-bond donors (Lipinski definition) is 1. The molecule has 1 unspecified atom stereocenters. The number of nitrogens with one attached hydrogen (secondary N) is 1. The van der Waals surface area contributed by atoms with Crippen LogP contribution in [0.25, 0.3) is 0 Å². The molecule has 20 heavy (non-hydrogen) atoms. The predicted octanol–water partition coefficient (Wildman–Crippen LogP) is 2.48. The van der Waals surface area contributed by atoms with Gasteiger partial charge in [-0.05, 0) is 32.9 Å². The Labute approximate surface area is 121 Å². The van der Waals surface area contributed by atoms with Gasteiger partial charge in [0.05, 0.1) is 19.3 Å². The van der Waals surface area contributed by atoms with Gasteiger partial charge in [0.2, 0.25) is 0 Å². The molecule has 0 heterocycles. The summed E-state index contributed by atoms with van der Waals surface area (Å²) < 4.78 is 10.9. The van der Waals surface area contributed by atoms with Crippen LogP contribution in [0.2, 0.25) is 0 Å². The second kappa shape index (κ2) is 6.86. The van der Waals surface area contributed by atoms with E-state index in [2.05, 4.69) is 12.2 Å². The number of hydrogen-bond acceptors (Lipinski definition) is 4. The highest BCUT2D eigenvalue weighted by molar-refractivity contribution is 5.82. The Morgan fingerprint density at radius 3 is 2.30 bits per heavy atom. The van der Waals surface area contributed by atoms with Crippen molar-refractivity contribution in [3.05, 3.63) is 35.9 Å². The van der Waals surface area contributed by atoms with Gasteiger partial charge in [0, 0.05) is 0 Å². The highest BCUT2D eigenvalue weighted by Gasteiger charge is 2.41. The van der Waals surface area contributed by atoms with E-state index in [0.29, 0.717) is 0 Å². The van der Waals surface area contributed by atoms with E-state index in [9.17, 15) is 4.79 Å². The summed E-state index contributed by atoms with van der Waals surface area (Å²) in [5.41, 5.74) is -0.436. The highest BCUT2D eigenvalue weighted by atomic mass is 16.5. The van der Waals surface area contributed by atoms with Gasteiger partial charge in [0.1, 0.15) is 0 Å². The topological polar surface area (TPSA) is 47.6 Å². The molecule has 1 aromatic rings. The summed E-state index contributed by atoms with van der Waals surface area (Å²) in [5.74, 6) is -0.349. The lowest BCUT2D eigenvalue weighted by Crippen LogP contribution is -2.53. The molecule has 1 rings (SSSR count). The lowest BCUT2D eigenvalue weighted by molar-refractivity contribution is -0.155. The van der Waals surface area contributed by atoms with Crippen LogP contribution in [0.15, 0.2) is 30.3 Å². The Hall–Kier alpha value is -1.39. The average Bonchev–Trinajstić information content (AvgIpc) is 2.49. The predicted molar refractivity (Wildman–Crippen MR) is 79.5 cm³/mol. The fraction of sp³-hybridized carbons (Fsp3) is 0.562. The Morgan fingerprint density at radius 2 is 1.85 bits per heavy atom. The lowest BCUT2D eigenvalue weighted by atomic mass is 9.90. The molecule has 1 aromatic carbocycles. The Balaban J connectivity index is 3.11. The maximum Gasteiger partial charge on any atom is 0.333 e. The molecule has 0 aromatic heterocycles. The molecule has 1 atom stereocenters. The van der Waals surface area contributed by atoms with Crippen LogP contribution in [0, 0.1) is 0 Å². The molecule has 0 saturated heterocycles. The molecule has 4 heteroatoms. The van der Waals surface area contributed by atoms with E-state index < -0.39 is 5.54 Å². The normalized spacial score (nSPS) is 14.7. The Bertz CT molecular complexity index is 431. The fourth-order valence-electron chi connectivity index (χ4n) is 1.88. The SMILES string of the molecule is CCC(C)(C)OCC(NC)(C(=O)OC)c1ccccc1. The third kappa shape index (κ3) is 3.58. The molecule has 0 fully saturated rings.